The number of carbonyl (C=O) groups is 2. The third-order valence-corrected chi connectivity index (χ3v) is 3.82. The second-order valence-corrected chi connectivity index (χ2v) is 5.64. The van der Waals surface area contributed by atoms with E-state index in [2.05, 4.69) is 5.32 Å². The van der Waals surface area contributed by atoms with E-state index in [0.29, 0.717) is 27.8 Å². The number of nitrogens with one attached hydrogen (secondary N) is 1. The normalized spacial score (nSPS) is 10.6. The summed E-state index contributed by atoms with van der Waals surface area (Å²) in [4.78, 5) is 23.2. The lowest BCUT2D eigenvalue weighted by molar-refractivity contribution is -0.132. The van der Waals surface area contributed by atoms with Crippen molar-refractivity contribution in [3.8, 4) is 11.5 Å². The molecule has 130 valence electrons. The molecule has 25 heavy (non-hydrogen) atoms. The number of hydrogen-bond donors (Lipinski definition) is 1. The number of amides is 1. The highest BCUT2D eigenvalue weighted by Gasteiger charge is 2.08. The summed E-state index contributed by atoms with van der Waals surface area (Å²) in [6.07, 6.45) is 2.98. The molecule has 5 nitrogen and oxygen atoms in total. The monoisotopic (exact) mass is 359 g/mol. The van der Waals surface area contributed by atoms with E-state index in [4.69, 9.17) is 21.1 Å². The predicted molar refractivity (Wildman–Crippen MR) is 98.2 cm³/mol. The van der Waals surface area contributed by atoms with Gasteiger partial charge >= 0.3 is 5.97 Å². The highest BCUT2D eigenvalue weighted by atomic mass is 35.5. The Hall–Kier alpha value is -2.79. The maximum atomic E-state index is 12.1. The Bertz CT molecular complexity index is 830. The number of hydrogen-bond acceptors (Lipinski definition) is 4. The Morgan fingerprint density at radius 3 is 2.60 bits per heavy atom. The molecule has 2 rings (SSSR count). The molecule has 6 heteroatoms. The van der Waals surface area contributed by atoms with Gasteiger partial charge < -0.3 is 14.8 Å². The number of ether oxygens (including phenoxy) is 2. The van der Waals surface area contributed by atoms with Crippen LogP contribution in [0.3, 0.4) is 0 Å². The molecule has 1 N–H and O–H groups in total. The van der Waals surface area contributed by atoms with Gasteiger partial charge in [0.2, 0.25) is 5.91 Å². The first-order valence-corrected chi connectivity index (χ1v) is 7.89. The second kappa shape index (κ2) is 8.35. The third kappa shape index (κ3) is 5.09. The van der Waals surface area contributed by atoms with Gasteiger partial charge in [0.05, 0.1) is 17.8 Å². The predicted octanol–water partition coefficient (Wildman–Crippen LogP) is 4.23. The topological polar surface area (TPSA) is 64.6 Å². The Balaban J connectivity index is 2.14. The molecule has 0 saturated heterocycles. The summed E-state index contributed by atoms with van der Waals surface area (Å²) in [6.45, 7) is 3.17. The van der Waals surface area contributed by atoms with Gasteiger partial charge in [-0.15, -0.1) is 0 Å². The summed E-state index contributed by atoms with van der Waals surface area (Å²) in [5.74, 6) is -0.0498. The van der Waals surface area contributed by atoms with E-state index in [1.165, 1.54) is 20.1 Å². The van der Waals surface area contributed by atoms with E-state index >= 15 is 0 Å². The van der Waals surface area contributed by atoms with Gasteiger partial charge in [-0.1, -0.05) is 29.8 Å². The molecule has 0 aliphatic carbocycles. The first kappa shape index (κ1) is 18.5. The standard InChI is InChI=1S/C19H18ClNO4/c1-12-5-4-6-15(19(12)20)21-18(23)10-8-14-7-9-16(24-3)17(11-14)25-13(2)22/h4-11H,1-3H3,(H,21,23)/b10-8+. The molecule has 0 saturated carbocycles. The van der Waals surface area contributed by atoms with Crippen LogP contribution in [0.5, 0.6) is 11.5 Å². The van der Waals surface area contributed by atoms with Crippen LogP contribution < -0.4 is 14.8 Å². The first-order valence-electron chi connectivity index (χ1n) is 7.51. The number of benzene rings is 2. The van der Waals surface area contributed by atoms with Gasteiger partial charge in [0.1, 0.15) is 0 Å². The van der Waals surface area contributed by atoms with Crippen molar-refractivity contribution in [3.63, 3.8) is 0 Å². The minimum atomic E-state index is -0.453. The van der Waals surface area contributed by atoms with Gasteiger partial charge in [-0.25, -0.2) is 0 Å². The number of esters is 1. The van der Waals surface area contributed by atoms with Gasteiger partial charge in [0.15, 0.2) is 11.5 Å². The summed E-state index contributed by atoms with van der Waals surface area (Å²) in [5.41, 5.74) is 2.11. The van der Waals surface area contributed by atoms with Gasteiger partial charge in [-0.2, -0.15) is 0 Å². The fourth-order valence-electron chi connectivity index (χ4n) is 2.12. The summed E-state index contributed by atoms with van der Waals surface area (Å²) >= 11 is 6.16. The average molecular weight is 360 g/mol. The van der Waals surface area contributed by atoms with Crippen LogP contribution in [0.1, 0.15) is 18.1 Å². The van der Waals surface area contributed by atoms with E-state index in [1.807, 2.05) is 19.1 Å². The van der Waals surface area contributed by atoms with Gasteiger partial charge in [0, 0.05) is 13.0 Å². The lowest BCUT2D eigenvalue weighted by Crippen LogP contribution is -2.08. The number of methoxy groups -OCH3 is 1. The number of rotatable bonds is 5. The molecule has 0 unspecified atom stereocenters. The first-order chi connectivity index (χ1) is 11.9. The van der Waals surface area contributed by atoms with E-state index in [-0.39, 0.29) is 5.91 Å². The second-order valence-electron chi connectivity index (χ2n) is 5.26. The fourth-order valence-corrected chi connectivity index (χ4v) is 2.30. The molecule has 2 aromatic rings. The van der Waals surface area contributed by atoms with Crippen molar-refractivity contribution in [2.24, 2.45) is 0 Å². The number of anilines is 1. The molecular formula is C19H18ClNO4. The molecule has 0 aliphatic heterocycles. The van der Waals surface area contributed by atoms with E-state index < -0.39 is 5.97 Å². The van der Waals surface area contributed by atoms with Crippen molar-refractivity contribution in [1.29, 1.82) is 0 Å². The van der Waals surface area contributed by atoms with E-state index in [1.54, 1.807) is 30.3 Å². The SMILES string of the molecule is COc1ccc(/C=C/C(=O)Nc2cccc(C)c2Cl)cc1OC(C)=O. The quantitative estimate of drug-likeness (QED) is 0.493. The summed E-state index contributed by atoms with van der Waals surface area (Å²) in [7, 11) is 1.48. The molecule has 0 aromatic heterocycles. The minimum Gasteiger partial charge on any atom is -0.493 e. The average Bonchev–Trinajstić information content (AvgIpc) is 2.57. The smallest absolute Gasteiger partial charge is 0.308 e. The molecule has 0 atom stereocenters. The fraction of sp³-hybridized carbons (Fsp3) is 0.158. The van der Waals surface area contributed by atoms with Gasteiger partial charge in [-0.3, -0.25) is 9.59 Å². The van der Waals surface area contributed by atoms with Crippen LogP contribution >= 0.6 is 11.6 Å². The molecule has 0 spiro atoms. The maximum Gasteiger partial charge on any atom is 0.308 e. The Morgan fingerprint density at radius 1 is 1.16 bits per heavy atom. The number of halogens is 1. The minimum absolute atomic E-state index is 0.291. The van der Waals surface area contributed by atoms with Crippen molar-refractivity contribution in [1.82, 2.24) is 0 Å². The molecule has 0 fully saturated rings. The summed E-state index contributed by atoms with van der Waals surface area (Å²) < 4.78 is 10.2. The highest BCUT2D eigenvalue weighted by Crippen LogP contribution is 2.29. The van der Waals surface area contributed by atoms with E-state index in [0.717, 1.165) is 5.56 Å². The lowest BCUT2D eigenvalue weighted by Gasteiger charge is -2.09. The van der Waals surface area contributed by atoms with Crippen LogP contribution in [0, 0.1) is 6.92 Å². The van der Waals surface area contributed by atoms with Crippen molar-refractivity contribution < 1.29 is 19.1 Å². The Kier molecular flexibility index (Phi) is 6.19. The molecule has 2 aromatic carbocycles. The van der Waals surface area contributed by atoms with Gasteiger partial charge in [-0.05, 0) is 42.3 Å². The van der Waals surface area contributed by atoms with Crippen molar-refractivity contribution in [3.05, 3.63) is 58.6 Å². The van der Waals surface area contributed by atoms with Gasteiger partial charge in [0.25, 0.3) is 0 Å². The summed E-state index contributed by atoms with van der Waals surface area (Å²) in [5, 5.41) is 3.23. The Labute approximate surface area is 151 Å². The zero-order valence-corrected chi connectivity index (χ0v) is 14.9. The molecule has 0 bridgehead atoms. The zero-order valence-electron chi connectivity index (χ0n) is 14.1. The van der Waals surface area contributed by atoms with Crippen LogP contribution in [0.2, 0.25) is 5.02 Å². The van der Waals surface area contributed by atoms with Crippen LogP contribution in [-0.4, -0.2) is 19.0 Å². The maximum absolute atomic E-state index is 12.1. The molecular weight excluding hydrogens is 342 g/mol. The van der Waals surface area contributed by atoms with Crippen LogP contribution in [0.4, 0.5) is 5.69 Å². The van der Waals surface area contributed by atoms with Crippen molar-refractivity contribution in [2.75, 3.05) is 12.4 Å². The molecule has 0 heterocycles. The summed E-state index contributed by atoms with van der Waals surface area (Å²) in [6, 6.07) is 10.4. The van der Waals surface area contributed by atoms with E-state index in [9.17, 15) is 9.59 Å². The van der Waals surface area contributed by atoms with Crippen molar-refractivity contribution in [2.45, 2.75) is 13.8 Å². The van der Waals surface area contributed by atoms with Crippen molar-refractivity contribution >= 4 is 35.2 Å². The third-order valence-electron chi connectivity index (χ3n) is 3.32. The lowest BCUT2D eigenvalue weighted by atomic mass is 10.2. The van der Waals surface area contributed by atoms with Crippen LogP contribution in [0.15, 0.2) is 42.5 Å². The molecule has 1 amide bonds. The highest BCUT2D eigenvalue weighted by molar-refractivity contribution is 6.34. The molecule has 0 aliphatic rings. The Morgan fingerprint density at radius 2 is 1.92 bits per heavy atom. The van der Waals surface area contributed by atoms with Crippen LogP contribution in [-0.2, 0) is 9.59 Å². The van der Waals surface area contributed by atoms with Crippen LogP contribution in [0.25, 0.3) is 6.08 Å². The largest absolute Gasteiger partial charge is 0.493 e. The molecule has 0 radical (unpaired) electrons. The zero-order chi connectivity index (χ0) is 18.4. The number of carbonyl (C=O) groups excluding carboxylic acids is 2. The number of aryl methyl sites for hydroxylation is 1.